The number of hydrogen-bond acceptors (Lipinski definition) is 2. The number of nitrogens with zero attached hydrogens (tertiary/aromatic N) is 2. The zero-order valence-corrected chi connectivity index (χ0v) is 7.01. The molecular formula is C10H9N3. The summed E-state index contributed by atoms with van der Waals surface area (Å²) >= 11 is 0. The van der Waals surface area contributed by atoms with Crippen molar-refractivity contribution in [3.8, 4) is 0 Å². The molecule has 3 heteroatoms. The van der Waals surface area contributed by atoms with Gasteiger partial charge in [-0.15, -0.1) is 0 Å². The van der Waals surface area contributed by atoms with Crippen LogP contribution in [0.4, 0.5) is 0 Å². The van der Waals surface area contributed by atoms with Crippen LogP contribution in [0.3, 0.4) is 0 Å². The van der Waals surface area contributed by atoms with Gasteiger partial charge in [0.15, 0.2) is 0 Å². The van der Waals surface area contributed by atoms with E-state index in [2.05, 4.69) is 15.0 Å². The molecule has 0 aromatic carbocycles. The number of aromatic amines is 1. The molecule has 2 aromatic heterocycles. The second-order valence-corrected chi connectivity index (χ2v) is 2.56. The van der Waals surface area contributed by atoms with Crippen molar-refractivity contribution < 1.29 is 0 Å². The van der Waals surface area contributed by atoms with Crippen LogP contribution in [0, 0.1) is 0 Å². The van der Waals surface area contributed by atoms with Gasteiger partial charge in [-0.3, -0.25) is 4.98 Å². The van der Waals surface area contributed by atoms with Gasteiger partial charge in [-0.25, -0.2) is 4.98 Å². The van der Waals surface area contributed by atoms with Crippen molar-refractivity contribution in [1.29, 1.82) is 0 Å². The summed E-state index contributed by atoms with van der Waals surface area (Å²) < 4.78 is 0. The molecule has 3 nitrogen and oxygen atoms in total. The first-order valence-electron chi connectivity index (χ1n) is 4.03. The smallest absolute Gasteiger partial charge is 0.129 e. The van der Waals surface area contributed by atoms with Gasteiger partial charge in [0.25, 0.3) is 0 Å². The maximum Gasteiger partial charge on any atom is 0.129 e. The molecule has 1 N–H and O–H groups in total. The van der Waals surface area contributed by atoms with Gasteiger partial charge in [-0.05, 0) is 24.3 Å². The molecule has 0 saturated heterocycles. The predicted octanol–water partition coefficient (Wildman–Crippen LogP) is 1.98. The van der Waals surface area contributed by atoms with Crippen molar-refractivity contribution in [3.05, 3.63) is 48.3 Å². The van der Waals surface area contributed by atoms with E-state index in [1.165, 1.54) is 0 Å². The molecule has 0 aliphatic carbocycles. The topological polar surface area (TPSA) is 41.6 Å². The molecule has 0 spiro atoms. The quantitative estimate of drug-likeness (QED) is 0.750. The van der Waals surface area contributed by atoms with E-state index < -0.39 is 0 Å². The molecule has 0 bridgehead atoms. The molecule has 0 saturated carbocycles. The first kappa shape index (κ1) is 7.73. The maximum absolute atomic E-state index is 4.15. The van der Waals surface area contributed by atoms with Crippen molar-refractivity contribution in [2.45, 2.75) is 0 Å². The summed E-state index contributed by atoms with van der Waals surface area (Å²) in [6.45, 7) is 0. The van der Waals surface area contributed by atoms with Crippen LogP contribution in [0.1, 0.15) is 11.5 Å². The van der Waals surface area contributed by atoms with Gasteiger partial charge < -0.3 is 4.98 Å². The monoisotopic (exact) mass is 171 g/mol. The second kappa shape index (κ2) is 3.67. The third kappa shape index (κ3) is 2.02. The zero-order valence-electron chi connectivity index (χ0n) is 7.01. The van der Waals surface area contributed by atoms with Crippen molar-refractivity contribution in [2.24, 2.45) is 0 Å². The van der Waals surface area contributed by atoms with Crippen LogP contribution < -0.4 is 0 Å². The van der Waals surface area contributed by atoms with Crippen LogP contribution in [0.2, 0.25) is 0 Å². The molecule has 13 heavy (non-hydrogen) atoms. The molecule has 2 aromatic rings. The highest BCUT2D eigenvalue weighted by Crippen LogP contribution is 2.00. The number of imidazole rings is 1. The van der Waals surface area contributed by atoms with Gasteiger partial charge in [-0.1, -0.05) is 6.07 Å². The highest BCUT2D eigenvalue weighted by atomic mass is 14.9. The van der Waals surface area contributed by atoms with E-state index in [1.807, 2.05) is 30.4 Å². The second-order valence-electron chi connectivity index (χ2n) is 2.56. The Labute approximate surface area is 76.2 Å². The van der Waals surface area contributed by atoms with Crippen molar-refractivity contribution >= 4 is 12.2 Å². The van der Waals surface area contributed by atoms with E-state index in [-0.39, 0.29) is 0 Å². The molecule has 0 aliphatic heterocycles. The molecule has 2 heterocycles. The third-order valence-corrected chi connectivity index (χ3v) is 1.62. The predicted molar refractivity (Wildman–Crippen MR) is 51.8 cm³/mol. The van der Waals surface area contributed by atoms with Gasteiger partial charge in [0.1, 0.15) is 5.82 Å². The number of aromatic nitrogens is 3. The van der Waals surface area contributed by atoms with Crippen molar-refractivity contribution in [1.82, 2.24) is 15.0 Å². The Morgan fingerprint density at radius 1 is 1.08 bits per heavy atom. The molecule has 2 rings (SSSR count). The van der Waals surface area contributed by atoms with Crippen LogP contribution in [0.25, 0.3) is 12.2 Å². The molecule has 0 atom stereocenters. The SMILES string of the molecule is C(=Cc1ncc[nH]1)c1ccccn1. The average molecular weight is 171 g/mol. The minimum atomic E-state index is 0.839. The summed E-state index contributed by atoms with van der Waals surface area (Å²) in [6.07, 6.45) is 9.08. The minimum absolute atomic E-state index is 0.839. The zero-order chi connectivity index (χ0) is 8.93. The summed E-state index contributed by atoms with van der Waals surface area (Å²) in [5.41, 5.74) is 0.930. The van der Waals surface area contributed by atoms with Crippen LogP contribution >= 0.6 is 0 Å². The number of H-pyrrole nitrogens is 1. The van der Waals surface area contributed by atoms with Gasteiger partial charge in [0.2, 0.25) is 0 Å². The fourth-order valence-electron chi connectivity index (χ4n) is 1.01. The van der Waals surface area contributed by atoms with E-state index in [4.69, 9.17) is 0 Å². The molecule has 0 amide bonds. The Bertz CT molecular complexity index is 376. The summed E-state index contributed by atoms with van der Waals surface area (Å²) in [4.78, 5) is 11.2. The minimum Gasteiger partial charge on any atom is -0.345 e. The fourth-order valence-corrected chi connectivity index (χ4v) is 1.01. The highest BCUT2D eigenvalue weighted by Gasteiger charge is 1.87. The van der Waals surface area contributed by atoms with E-state index in [0.29, 0.717) is 0 Å². The van der Waals surface area contributed by atoms with E-state index in [1.54, 1.807) is 18.6 Å². The van der Waals surface area contributed by atoms with Gasteiger partial charge in [0, 0.05) is 18.6 Å². The maximum atomic E-state index is 4.15. The summed E-state index contributed by atoms with van der Waals surface area (Å²) in [6, 6.07) is 5.79. The number of rotatable bonds is 2. The Morgan fingerprint density at radius 2 is 2.08 bits per heavy atom. The number of pyridine rings is 1. The van der Waals surface area contributed by atoms with E-state index in [0.717, 1.165) is 11.5 Å². The van der Waals surface area contributed by atoms with Crippen LogP contribution in [0.5, 0.6) is 0 Å². The average Bonchev–Trinajstić information content (AvgIpc) is 2.69. The van der Waals surface area contributed by atoms with Gasteiger partial charge in [-0.2, -0.15) is 0 Å². The lowest BCUT2D eigenvalue weighted by molar-refractivity contribution is 1.26. The molecular weight excluding hydrogens is 162 g/mol. The molecule has 0 aliphatic rings. The Morgan fingerprint density at radius 3 is 2.77 bits per heavy atom. The van der Waals surface area contributed by atoms with E-state index >= 15 is 0 Å². The Hall–Kier alpha value is -1.90. The lowest BCUT2D eigenvalue weighted by Crippen LogP contribution is -1.77. The Kier molecular flexibility index (Phi) is 2.18. The largest absolute Gasteiger partial charge is 0.345 e. The molecule has 0 fully saturated rings. The number of hydrogen-bond donors (Lipinski definition) is 1. The van der Waals surface area contributed by atoms with Gasteiger partial charge in [0.05, 0.1) is 5.69 Å². The van der Waals surface area contributed by atoms with Gasteiger partial charge >= 0.3 is 0 Å². The lowest BCUT2D eigenvalue weighted by atomic mass is 10.3. The lowest BCUT2D eigenvalue weighted by Gasteiger charge is -1.88. The molecule has 64 valence electrons. The first-order valence-corrected chi connectivity index (χ1v) is 4.03. The van der Waals surface area contributed by atoms with Crippen LogP contribution in [-0.2, 0) is 0 Å². The Balaban J connectivity index is 2.15. The first-order chi connectivity index (χ1) is 6.45. The summed E-state index contributed by atoms with van der Waals surface area (Å²) in [5, 5.41) is 0. The molecule has 0 unspecified atom stereocenters. The third-order valence-electron chi connectivity index (χ3n) is 1.62. The summed E-state index contributed by atoms with van der Waals surface area (Å²) in [7, 11) is 0. The van der Waals surface area contributed by atoms with Crippen molar-refractivity contribution in [2.75, 3.05) is 0 Å². The normalized spacial score (nSPS) is 10.8. The molecule has 0 radical (unpaired) electrons. The number of nitrogens with one attached hydrogen (secondary N) is 1. The standard InChI is InChI=1S/C10H9N3/c1-2-6-11-9(3-1)4-5-10-12-7-8-13-10/h1-8H,(H,12,13). The van der Waals surface area contributed by atoms with Crippen molar-refractivity contribution in [3.63, 3.8) is 0 Å². The summed E-state index contributed by atoms with van der Waals surface area (Å²) in [5.74, 6) is 0.839. The van der Waals surface area contributed by atoms with Crippen LogP contribution in [-0.4, -0.2) is 15.0 Å². The van der Waals surface area contributed by atoms with Crippen LogP contribution in [0.15, 0.2) is 36.8 Å². The fraction of sp³-hybridized carbons (Fsp3) is 0. The van der Waals surface area contributed by atoms with E-state index in [9.17, 15) is 0 Å². The highest BCUT2D eigenvalue weighted by molar-refractivity contribution is 5.64.